The third-order valence-corrected chi connectivity index (χ3v) is 2.54. The molecule has 1 aromatic rings. The smallest absolute Gasteiger partial charge is 0.336 e. The molecule has 0 radical (unpaired) electrons. The second-order valence-electron chi connectivity index (χ2n) is 3.82. The van der Waals surface area contributed by atoms with Crippen molar-refractivity contribution in [3.05, 3.63) is 56.9 Å². The summed E-state index contributed by atoms with van der Waals surface area (Å²) in [5.74, 6) is 0. The molecule has 0 saturated carbocycles. The zero-order chi connectivity index (χ0) is 15.1. The van der Waals surface area contributed by atoms with Gasteiger partial charge < -0.3 is 9.47 Å². The van der Waals surface area contributed by atoms with Gasteiger partial charge in [0.05, 0.1) is 26.0 Å². The molecule has 0 aliphatic heterocycles. The second kappa shape index (κ2) is 7.29. The summed E-state index contributed by atoms with van der Waals surface area (Å²) >= 11 is 0. The normalized spacial score (nSPS) is 10.2. The Balaban J connectivity index is 3.04. The van der Waals surface area contributed by atoms with Crippen molar-refractivity contribution in [2.24, 2.45) is 7.05 Å². The lowest BCUT2D eigenvalue weighted by Crippen LogP contribution is -2.53. The summed E-state index contributed by atoms with van der Waals surface area (Å²) in [4.78, 5) is 35.7. The van der Waals surface area contributed by atoms with Crippen LogP contribution in [0.4, 0.5) is 0 Å². The maximum atomic E-state index is 12.0. The number of allylic oxidation sites excluding steroid dienone is 1. The van der Waals surface area contributed by atoms with Crippen LogP contribution in [0.5, 0.6) is 0 Å². The van der Waals surface area contributed by atoms with E-state index in [0.717, 1.165) is 13.7 Å². The van der Waals surface area contributed by atoms with Crippen LogP contribution in [-0.4, -0.2) is 27.1 Å². The quantitative estimate of drug-likeness (QED) is 0.265. The van der Waals surface area contributed by atoms with E-state index in [2.05, 4.69) is 13.2 Å². The Labute approximate surface area is 114 Å². The Bertz CT molecular complexity index is 653. The molecule has 20 heavy (non-hydrogen) atoms. The predicted molar refractivity (Wildman–Crippen MR) is 72.5 cm³/mol. The average molecular weight is 283 g/mol. The van der Waals surface area contributed by atoms with Crippen molar-refractivity contribution in [1.82, 2.24) is 13.7 Å². The molecular weight excluding hydrogens is 266 g/mol. The molecule has 1 rings (SSSR count). The van der Waals surface area contributed by atoms with Crippen LogP contribution in [0.1, 0.15) is 0 Å². The fourth-order valence-electron chi connectivity index (χ4n) is 1.54. The van der Waals surface area contributed by atoms with Crippen molar-refractivity contribution in [3.8, 4) is 0 Å². The maximum Gasteiger partial charge on any atom is 0.336 e. The van der Waals surface area contributed by atoms with Gasteiger partial charge in [-0.15, -0.1) is 6.58 Å². The minimum Gasteiger partial charge on any atom is -0.476 e. The van der Waals surface area contributed by atoms with Crippen LogP contribution in [0.2, 0.25) is 0 Å². The highest BCUT2D eigenvalue weighted by molar-refractivity contribution is 4.81. The Hall–Kier alpha value is -2.35. The summed E-state index contributed by atoms with van der Waals surface area (Å²) in [7, 11) is 1.31. The third-order valence-electron chi connectivity index (χ3n) is 2.54. The van der Waals surface area contributed by atoms with Crippen LogP contribution in [-0.2, 0) is 29.6 Å². The van der Waals surface area contributed by atoms with Crippen molar-refractivity contribution in [2.45, 2.75) is 13.1 Å². The van der Waals surface area contributed by atoms with Crippen LogP contribution >= 0.6 is 0 Å². The molecule has 0 bridgehead atoms. The van der Waals surface area contributed by atoms with Crippen LogP contribution in [0.25, 0.3) is 0 Å². The summed E-state index contributed by atoms with van der Waals surface area (Å²) in [6.07, 6.45) is 2.63. The van der Waals surface area contributed by atoms with Gasteiger partial charge in [-0.05, 0) is 0 Å². The van der Waals surface area contributed by atoms with Crippen molar-refractivity contribution in [1.29, 1.82) is 0 Å². The SMILES string of the molecule is C=CCn1c(=O)n(C)c(=O)n(CCOCOC=C)c1=O. The van der Waals surface area contributed by atoms with Gasteiger partial charge >= 0.3 is 17.1 Å². The lowest BCUT2D eigenvalue weighted by molar-refractivity contribution is -0.0147. The molecule has 0 N–H and O–H groups in total. The zero-order valence-electron chi connectivity index (χ0n) is 11.3. The van der Waals surface area contributed by atoms with Gasteiger partial charge in [0.2, 0.25) is 0 Å². The van der Waals surface area contributed by atoms with Crippen molar-refractivity contribution >= 4 is 0 Å². The Morgan fingerprint density at radius 2 is 1.75 bits per heavy atom. The van der Waals surface area contributed by atoms with Crippen LogP contribution < -0.4 is 17.1 Å². The fraction of sp³-hybridized carbons (Fsp3) is 0.417. The summed E-state index contributed by atoms with van der Waals surface area (Å²) in [5.41, 5.74) is -2.05. The summed E-state index contributed by atoms with van der Waals surface area (Å²) in [6, 6.07) is 0. The highest BCUT2D eigenvalue weighted by atomic mass is 16.7. The van der Waals surface area contributed by atoms with Crippen molar-refractivity contribution < 1.29 is 9.47 Å². The topological polar surface area (TPSA) is 84.5 Å². The molecule has 0 aromatic carbocycles. The number of hydrogen-bond acceptors (Lipinski definition) is 5. The molecule has 0 unspecified atom stereocenters. The Kier molecular flexibility index (Phi) is 5.73. The fourth-order valence-corrected chi connectivity index (χ4v) is 1.54. The van der Waals surface area contributed by atoms with E-state index in [1.165, 1.54) is 19.4 Å². The molecule has 8 nitrogen and oxygen atoms in total. The summed E-state index contributed by atoms with van der Waals surface area (Å²) in [5, 5.41) is 0. The van der Waals surface area contributed by atoms with E-state index in [1.54, 1.807) is 0 Å². The summed E-state index contributed by atoms with van der Waals surface area (Å²) < 4.78 is 12.5. The number of rotatable bonds is 8. The molecule has 0 spiro atoms. The molecule has 0 aliphatic rings. The first-order valence-corrected chi connectivity index (χ1v) is 5.86. The van der Waals surface area contributed by atoms with Crippen molar-refractivity contribution in [3.63, 3.8) is 0 Å². The van der Waals surface area contributed by atoms with Crippen LogP contribution in [0.3, 0.4) is 0 Å². The first-order chi connectivity index (χ1) is 9.54. The molecule has 1 aromatic heterocycles. The van der Waals surface area contributed by atoms with Crippen LogP contribution in [0.15, 0.2) is 39.9 Å². The molecule has 0 aliphatic carbocycles. The maximum absolute atomic E-state index is 12.0. The number of nitrogens with zero attached hydrogens (tertiary/aromatic N) is 3. The van der Waals surface area contributed by atoms with E-state index in [-0.39, 0.29) is 26.5 Å². The highest BCUT2D eigenvalue weighted by Crippen LogP contribution is 1.81. The van der Waals surface area contributed by atoms with Gasteiger partial charge in [-0.3, -0.25) is 0 Å². The standard InChI is InChI=1S/C12H17N3O5/c1-4-6-14-10(16)13(3)11(17)15(12(14)18)7-8-20-9-19-5-2/h4-5H,1-2,6-9H2,3H3. The molecule has 0 saturated heterocycles. The van der Waals surface area contributed by atoms with Gasteiger partial charge in [0, 0.05) is 7.05 Å². The Morgan fingerprint density at radius 1 is 1.10 bits per heavy atom. The molecular formula is C12H17N3O5. The van der Waals surface area contributed by atoms with Gasteiger partial charge in [-0.2, -0.15) is 0 Å². The molecule has 0 atom stereocenters. The minimum atomic E-state index is -0.689. The number of aromatic nitrogens is 3. The number of ether oxygens (including phenoxy) is 2. The monoisotopic (exact) mass is 283 g/mol. The third kappa shape index (κ3) is 3.35. The minimum absolute atomic E-state index is 0.0173. The first kappa shape index (κ1) is 15.7. The predicted octanol–water partition coefficient (Wildman–Crippen LogP) is -0.971. The summed E-state index contributed by atoms with van der Waals surface area (Å²) in [6.45, 7) is 6.93. The highest BCUT2D eigenvalue weighted by Gasteiger charge is 2.11. The molecule has 110 valence electrons. The van der Waals surface area contributed by atoms with Crippen molar-refractivity contribution in [2.75, 3.05) is 13.4 Å². The van der Waals surface area contributed by atoms with Gasteiger partial charge in [0.1, 0.15) is 0 Å². The van der Waals surface area contributed by atoms with E-state index in [0.29, 0.717) is 0 Å². The molecule has 1 heterocycles. The largest absolute Gasteiger partial charge is 0.476 e. The lowest BCUT2D eigenvalue weighted by atomic mass is 10.6. The van der Waals surface area contributed by atoms with E-state index in [4.69, 9.17) is 9.47 Å². The lowest BCUT2D eigenvalue weighted by Gasteiger charge is -2.10. The zero-order valence-corrected chi connectivity index (χ0v) is 11.3. The van der Waals surface area contributed by atoms with E-state index >= 15 is 0 Å². The molecule has 0 amide bonds. The first-order valence-electron chi connectivity index (χ1n) is 5.86. The second-order valence-corrected chi connectivity index (χ2v) is 3.82. The van der Waals surface area contributed by atoms with E-state index < -0.39 is 17.1 Å². The number of hydrogen-bond donors (Lipinski definition) is 0. The van der Waals surface area contributed by atoms with Gasteiger partial charge in [-0.25, -0.2) is 28.1 Å². The average Bonchev–Trinajstić information content (AvgIpc) is 2.44. The van der Waals surface area contributed by atoms with Gasteiger partial charge in [-0.1, -0.05) is 12.7 Å². The molecule has 0 fully saturated rings. The Morgan fingerprint density at radius 3 is 2.35 bits per heavy atom. The van der Waals surface area contributed by atoms with Gasteiger partial charge in [0.25, 0.3) is 0 Å². The van der Waals surface area contributed by atoms with Gasteiger partial charge in [0.15, 0.2) is 6.79 Å². The van der Waals surface area contributed by atoms with E-state index in [9.17, 15) is 14.4 Å². The van der Waals surface area contributed by atoms with Crippen LogP contribution in [0, 0.1) is 0 Å². The molecule has 8 heteroatoms. The van der Waals surface area contributed by atoms with E-state index in [1.807, 2.05) is 0 Å².